The molecule has 104 valence electrons. The first-order chi connectivity index (χ1) is 10.3. The van der Waals surface area contributed by atoms with Crippen molar-refractivity contribution < 1.29 is 4.79 Å². The zero-order valence-electron chi connectivity index (χ0n) is 11.6. The van der Waals surface area contributed by atoms with Crippen molar-refractivity contribution in [3.05, 3.63) is 72.6 Å². The van der Waals surface area contributed by atoms with Crippen LogP contribution in [0.5, 0.6) is 0 Å². The van der Waals surface area contributed by atoms with E-state index in [1.807, 2.05) is 60.8 Å². The zero-order valence-corrected chi connectivity index (χ0v) is 11.6. The van der Waals surface area contributed by atoms with E-state index < -0.39 is 0 Å². The summed E-state index contributed by atoms with van der Waals surface area (Å²) in [5, 5.41) is 5.09. The van der Waals surface area contributed by atoms with Gasteiger partial charge in [0.2, 0.25) is 5.91 Å². The Bertz CT molecular complexity index is 753. The van der Waals surface area contributed by atoms with Crippen LogP contribution < -0.4 is 5.32 Å². The molecular formula is C18H16N2O. The van der Waals surface area contributed by atoms with Crippen LogP contribution in [0.3, 0.4) is 0 Å². The van der Waals surface area contributed by atoms with Crippen LogP contribution in [0.25, 0.3) is 10.8 Å². The third-order valence-corrected chi connectivity index (χ3v) is 3.41. The molecule has 0 aliphatic carbocycles. The number of fused-ring (bicyclic) bond motifs is 1. The lowest BCUT2D eigenvalue weighted by Crippen LogP contribution is -2.12. The van der Waals surface area contributed by atoms with Gasteiger partial charge in [-0.05, 0) is 35.6 Å². The monoisotopic (exact) mass is 276 g/mol. The predicted molar refractivity (Wildman–Crippen MR) is 85.1 cm³/mol. The maximum absolute atomic E-state index is 12.0. The highest BCUT2D eigenvalue weighted by molar-refractivity contribution is 5.94. The molecule has 0 saturated heterocycles. The topological polar surface area (TPSA) is 42.0 Å². The van der Waals surface area contributed by atoms with Crippen LogP contribution in [-0.2, 0) is 11.2 Å². The number of aryl methyl sites for hydroxylation is 1. The Morgan fingerprint density at radius 2 is 1.86 bits per heavy atom. The second kappa shape index (κ2) is 6.18. The van der Waals surface area contributed by atoms with Crippen molar-refractivity contribution in [3.63, 3.8) is 0 Å². The zero-order chi connectivity index (χ0) is 14.5. The number of aromatic nitrogens is 1. The summed E-state index contributed by atoms with van der Waals surface area (Å²) in [6, 6.07) is 17.8. The maximum Gasteiger partial charge on any atom is 0.224 e. The molecule has 3 nitrogen and oxygen atoms in total. The molecule has 0 spiro atoms. The van der Waals surface area contributed by atoms with E-state index in [2.05, 4.69) is 10.3 Å². The molecule has 0 saturated carbocycles. The number of benzene rings is 2. The summed E-state index contributed by atoms with van der Waals surface area (Å²) in [5.74, 6) is 0.0345. The van der Waals surface area contributed by atoms with Gasteiger partial charge in [-0.3, -0.25) is 9.78 Å². The lowest BCUT2D eigenvalue weighted by molar-refractivity contribution is -0.116. The Morgan fingerprint density at radius 1 is 1.00 bits per heavy atom. The van der Waals surface area contributed by atoms with Gasteiger partial charge in [0.25, 0.3) is 0 Å². The first-order valence-electron chi connectivity index (χ1n) is 6.99. The van der Waals surface area contributed by atoms with Crippen LogP contribution >= 0.6 is 0 Å². The second-order valence-electron chi connectivity index (χ2n) is 4.97. The van der Waals surface area contributed by atoms with E-state index in [1.165, 1.54) is 5.56 Å². The summed E-state index contributed by atoms with van der Waals surface area (Å²) in [6.07, 6.45) is 4.81. The number of hydrogen-bond acceptors (Lipinski definition) is 2. The van der Waals surface area contributed by atoms with Crippen LogP contribution in [0, 0.1) is 0 Å². The van der Waals surface area contributed by atoms with Crippen molar-refractivity contribution in [1.29, 1.82) is 0 Å². The van der Waals surface area contributed by atoms with E-state index in [-0.39, 0.29) is 5.91 Å². The summed E-state index contributed by atoms with van der Waals surface area (Å²) in [6.45, 7) is 0. The van der Waals surface area contributed by atoms with Crippen LogP contribution in [0.1, 0.15) is 12.0 Å². The molecule has 1 aromatic heterocycles. The molecule has 0 aliphatic heterocycles. The van der Waals surface area contributed by atoms with Gasteiger partial charge in [-0.25, -0.2) is 0 Å². The van der Waals surface area contributed by atoms with Crippen molar-refractivity contribution in [1.82, 2.24) is 4.98 Å². The Hall–Kier alpha value is -2.68. The number of carbonyl (C=O) groups excluding carboxylic acids is 1. The molecule has 2 aromatic carbocycles. The van der Waals surface area contributed by atoms with Gasteiger partial charge in [-0.15, -0.1) is 0 Å². The highest BCUT2D eigenvalue weighted by atomic mass is 16.1. The molecule has 1 N–H and O–H groups in total. The molecule has 3 heteroatoms. The van der Waals surface area contributed by atoms with E-state index in [9.17, 15) is 4.79 Å². The van der Waals surface area contributed by atoms with Crippen LogP contribution in [0.4, 0.5) is 5.69 Å². The minimum Gasteiger partial charge on any atom is -0.326 e. The molecule has 0 atom stereocenters. The van der Waals surface area contributed by atoms with Gasteiger partial charge in [-0.2, -0.15) is 0 Å². The van der Waals surface area contributed by atoms with Crippen molar-refractivity contribution in [3.8, 4) is 0 Å². The third kappa shape index (κ3) is 3.45. The Labute approximate surface area is 123 Å². The maximum atomic E-state index is 12.0. The highest BCUT2D eigenvalue weighted by Crippen LogP contribution is 2.18. The number of nitrogens with one attached hydrogen (secondary N) is 1. The largest absolute Gasteiger partial charge is 0.326 e. The Morgan fingerprint density at radius 3 is 2.71 bits per heavy atom. The fraction of sp³-hybridized carbons (Fsp3) is 0.111. The lowest BCUT2D eigenvalue weighted by atomic mass is 10.1. The second-order valence-corrected chi connectivity index (χ2v) is 4.97. The van der Waals surface area contributed by atoms with E-state index in [0.29, 0.717) is 6.42 Å². The third-order valence-electron chi connectivity index (χ3n) is 3.41. The molecule has 0 radical (unpaired) electrons. The normalized spacial score (nSPS) is 10.5. The van der Waals surface area contributed by atoms with Crippen LogP contribution in [0.2, 0.25) is 0 Å². The minimum atomic E-state index is 0.0345. The SMILES string of the molecule is O=C(CCc1ccccc1)Nc1ccc2cnccc2c1. The first kappa shape index (κ1) is 13.3. The molecule has 0 bridgehead atoms. The summed E-state index contributed by atoms with van der Waals surface area (Å²) in [4.78, 5) is 16.1. The number of pyridine rings is 1. The Kier molecular flexibility index (Phi) is 3.92. The van der Waals surface area contributed by atoms with Crippen molar-refractivity contribution in [2.24, 2.45) is 0 Å². The van der Waals surface area contributed by atoms with Gasteiger partial charge in [0.05, 0.1) is 0 Å². The van der Waals surface area contributed by atoms with Gasteiger partial charge < -0.3 is 5.32 Å². The van der Waals surface area contributed by atoms with Gasteiger partial charge >= 0.3 is 0 Å². The molecule has 0 aliphatic rings. The average molecular weight is 276 g/mol. The standard InChI is InChI=1S/C18H16N2O/c21-18(9-6-14-4-2-1-3-5-14)20-17-8-7-16-13-19-11-10-15(16)12-17/h1-5,7-8,10-13H,6,9H2,(H,20,21). The number of amides is 1. The first-order valence-corrected chi connectivity index (χ1v) is 6.99. The molecular weight excluding hydrogens is 260 g/mol. The van der Waals surface area contributed by atoms with Gasteiger partial charge in [0.15, 0.2) is 0 Å². The minimum absolute atomic E-state index is 0.0345. The van der Waals surface area contributed by atoms with Gasteiger partial charge in [0.1, 0.15) is 0 Å². The summed E-state index contributed by atoms with van der Waals surface area (Å²) >= 11 is 0. The van der Waals surface area contributed by atoms with Crippen molar-refractivity contribution >= 4 is 22.4 Å². The van der Waals surface area contributed by atoms with Crippen LogP contribution in [0.15, 0.2) is 67.0 Å². The molecule has 0 unspecified atom stereocenters. The summed E-state index contributed by atoms with van der Waals surface area (Å²) < 4.78 is 0. The quantitative estimate of drug-likeness (QED) is 0.787. The van der Waals surface area contributed by atoms with Crippen molar-refractivity contribution in [2.75, 3.05) is 5.32 Å². The number of carbonyl (C=O) groups is 1. The fourth-order valence-electron chi connectivity index (χ4n) is 2.29. The smallest absolute Gasteiger partial charge is 0.224 e. The van der Waals surface area contributed by atoms with E-state index in [1.54, 1.807) is 6.20 Å². The van der Waals surface area contributed by atoms with Crippen LogP contribution in [-0.4, -0.2) is 10.9 Å². The van der Waals surface area contributed by atoms with Gasteiger partial charge in [-0.1, -0.05) is 36.4 Å². The fourth-order valence-corrected chi connectivity index (χ4v) is 2.29. The Balaban J connectivity index is 1.63. The van der Waals surface area contributed by atoms with E-state index >= 15 is 0 Å². The number of rotatable bonds is 4. The van der Waals surface area contributed by atoms with E-state index in [4.69, 9.17) is 0 Å². The summed E-state index contributed by atoms with van der Waals surface area (Å²) in [5.41, 5.74) is 2.00. The number of anilines is 1. The molecule has 3 rings (SSSR count). The summed E-state index contributed by atoms with van der Waals surface area (Å²) in [7, 11) is 0. The van der Waals surface area contributed by atoms with Crippen molar-refractivity contribution in [2.45, 2.75) is 12.8 Å². The van der Waals surface area contributed by atoms with E-state index in [0.717, 1.165) is 22.9 Å². The molecule has 1 heterocycles. The average Bonchev–Trinajstić information content (AvgIpc) is 2.54. The van der Waals surface area contributed by atoms with Gasteiger partial charge in [0, 0.05) is 29.9 Å². The molecule has 1 amide bonds. The predicted octanol–water partition coefficient (Wildman–Crippen LogP) is 3.81. The molecule has 0 fully saturated rings. The number of hydrogen-bond donors (Lipinski definition) is 1. The molecule has 3 aromatic rings. The molecule has 21 heavy (non-hydrogen) atoms. The highest BCUT2D eigenvalue weighted by Gasteiger charge is 2.04. The number of nitrogens with zero attached hydrogens (tertiary/aromatic N) is 1. The lowest BCUT2D eigenvalue weighted by Gasteiger charge is -2.06.